The molecular weight excluding hydrogens is 710 g/mol. The minimum Gasteiger partial charge on any atom is -0.388 e. The molecule has 2 heterocycles. The number of rotatable bonds is 10. The van der Waals surface area contributed by atoms with Crippen molar-refractivity contribution in [1.82, 2.24) is 40.4 Å². The van der Waals surface area contributed by atoms with E-state index in [0.29, 0.717) is 31.0 Å². The number of tetrazole rings is 2. The van der Waals surface area contributed by atoms with Gasteiger partial charge in [0.25, 0.3) is 0 Å². The summed E-state index contributed by atoms with van der Waals surface area (Å²) in [4.78, 5) is 3.02. The molecule has 2 fully saturated rings. The highest BCUT2D eigenvalue weighted by Gasteiger charge is 2.41. The van der Waals surface area contributed by atoms with Crippen LogP contribution in [-0.4, -0.2) is 51.1 Å². The highest BCUT2D eigenvalue weighted by molar-refractivity contribution is 5.61. The first-order valence-electron chi connectivity index (χ1n) is 17.4. The van der Waals surface area contributed by atoms with Gasteiger partial charge in [-0.05, 0) is 101 Å². The molecule has 0 unspecified atom stereocenters. The van der Waals surface area contributed by atoms with Gasteiger partial charge in [0.1, 0.15) is 0 Å². The molecule has 15 heteroatoms. The summed E-state index contributed by atoms with van der Waals surface area (Å²) in [6.45, 7) is 3.26. The van der Waals surface area contributed by atoms with Crippen molar-refractivity contribution in [1.29, 1.82) is 0 Å². The number of halogens is 6. The summed E-state index contributed by atoms with van der Waals surface area (Å²) < 4.78 is 76.3. The summed E-state index contributed by atoms with van der Waals surface area (Å²) >= 11 is 0. The van der Waals surface area contributed by atoms with Gasteiger partial charge in [0.15, 0.2) is 0 Å². The summed E-state index contributed by atoms with van der Waals surface area (Å²) in [5, 5.41) is 35.2. The van der Waals surface area contributed by atoms with E-state index in [-0.39, 0.29) is 5.41 Å². The second-order valence-electron chi connectivity index (χ2n) is 14.4. The standard InChI is InChI=1S/C20H19F3N4.C19H17F3N4O/c1-19(10-11-19)13-27-25-18(24-26-27)17-5-3-2-4-15(17)12-14-6-8-16(9-7-14)20(21,22)23;20-19(21,22)15-7-5-13(6-8-15)11-14-3-1-2-4-16(14)17-23-25-26(24-17)12-18(27)9-10-18/h2-9H,10-13H2,1H3;1-8,27H,9-12H2. The molecule has 0 bridgehead atoms. The Morgan fingerprint density at radius 2 is 0.981 bits per heavy atom. The molecule has 0 spiro atoms. The Kier molecular flexibility index (Phi) is 9.85. The number of hydrogen-bond donors (Lipinski definition) is 1. The summed E-state index contributed by atoms with van der Waals surface area (Å²) in [6, 6.07) is 25.5. The van der Waals surface area contributed by atoms with E-state index < -0.39 is 29.1 Å². The Balaban J connectivity index is 0.000000167. The van der Waals surface area contributed by atoms with Crippen molar-refractivity contribution in [2.45, 2.75) is 76.5 Å². The van der Waals surface area contributed by atoms with Crippen LogP contribution < -0.4 is 0 Å². The van der Waals surface area contributed by atoms with E-state index in [2.05, 4.69) is 37.7 Å². The molecule has 6 aromatic rings. The molecule has 4 aromatic carbocycles. The molecule has 280 valence electrons. The topological polar surface area (TPSA) is 107 Å². The van der Waals surface area contributed by atoms with Gasteiger partial charge in [-0.25, -0.2) is 0 Å². The Hall–Kier alpha value is -5.44. The second-order valence-corrected chi connectivity index (χ2v) is 14.4. The first-order chi connectivity index (χ1) is 25.6. The Labute approximate surface area is 306 Å². The van der Waals surface area contributed by atoms with Crippen molar-refractivity contribution in [3.05, 3.63) is 130 Å². The van der Waals surface area contributed by atoms with Crippen LogP contribution in [0.15, 0.2) is 97.1 Å². The smallest absolute Gasteiger partial charge is 0.388 e. The van der Waals surface area contributed by atoms with Crippen LogP contribution in [-0.2, 0) is 38.3 Å². The molecular formula is C39H36F6N8O. The van der Waals surface area contributed by atoms with E-state index in [1.807, 2.05) is 48.5 Å². The number of alkyl halides is 6. The quantitative estimate of drug-likeness (QED) is 0.141. The van der Waals surface area contributed by atoms with Gasteiger partial charge in [-0.1, -0.05) is 79.7 Å². The van der Waals surface area contributed by atoms with Gasteiger partial charge < -0.3 is 5.11 Å². The van der Waals surface area contributed by atoms with Crippen LogP contribution in [0.4, 0.5) is 26.3 Å². The van der Waals surface area contributed by atoms with Crippen molar-refractivity contribution in [3.63, 3.8) is 0 Å². The molecule has 8 rings (SSSR count). The van der Waals surface area contributed by atoms with Crippen LogP contribution in [0, 0.1) is 5.41 Å². The van der Waals surface area contributed by atoms with Crippen molar-refractivity contribution in [3.8, 4) is 22.8 Å². The van der Waals surface area contributed by atoms with Gasteiger partial charge in [-0.2, -0.15) is 35.9 Å². The first-order valence-corrected chi connectivity index (χ1v) is 17.4. The molecule has 2 aliphatic rings. The molecule has 2 aromatic heterocycles. The van der Waals surface area contributed by atoms with Crippen LogP contribution in [0.1, 0.15) is 66.0 Å². The lowest BCUT2D eigenvalue weighted by Gasteiger charge is -2.09. The van der Waals surface area contributed by atoms with Gasteiger partial charge in [0, 0.05) is 11.1 Å². The van der Waals surface area contributed by atoms with Crippen LogP contribution in [0.25, 0.3) is 22.8 Å². The van der Waals surface area contributed by atoms with Crippen molar-refractivity contribution < 1.29 is 31.4 Å². The SMILES string of the molecule is CC1(Cn2nnc(-c3ccccc3Cc3ccc(C(F)(F)F)cc3)n2)CC1.OC1(Cn2nnc(-c3ccccc3Cc3ccc(C(F)(F)F)cc3)n2)CC1. The fraction of sp³-hybridized carbons (Fsp3) is 0.333. The highest BCUT2D eigenvalue weighted by Crippen LogP contribution is 2.46. The normalized spacial score (nSPS) is 15.7. The zero-order chi connectivity index (χ0) is 38.1. The molecule has 0 radical (unpaired) electrons. The molecule has 9 nitrogen and oxygen atoms in total. The maximum absolute atomic E-state index is 12.7. The number of benzene rings is 4. The van der Waals surface area contributed by atoms with Gasteiger partial charge >= 0.3 is 12.4 Å². The largest absolute Gasteiger partial charge is 0.416 e. The third-order valence-corrected chi connectivity index (χ3v) is 9.66. The number of nitrogens with zero attached hydrogens (tertiary/aromatic N) is 8. The summed E-state index contributed by atoms with van der Waals surface area (Å²) in [6.07, 6.45) is -3.90. The Bertz CT molecular complexity index is 2040. The predicted molar refractivity (Wildman–Crippen MR) is 187 cm³/mol. The van der Waals surface area contributed by atoms with Crippen LogP contribution in [0.2, 0.25) is 0 Å². The van der Waals surface area contributed by atoms with Gasteiger partial charge in [0.2, 0.25) is 11.6 Å². The average molecular weight is 747 g/mol. The van der Waals surface area contributed by atoms with Gasteiger partial charge in [-0.3, -0.25) is 0 Å². The maximum Gasteiger partial charge on any atom is 0.416 e. The lowest BCUT2D eigenvalue weighted by Crippen LogP contribution is -2.19. The molecule has 0 aliphatic heterocycles. The molecule has 1 N–H and O–H groups in total. The van der Waals surface area contributed by atoms with Crippen LogP contribution in [0.5, 0.6) is 0 Å². The van der Waals surface area contributed by atoms with Crippen molar-refractivity contribution in [2.75, 3.05) is 0 Å². The molecule has 2 saturated carbocycles. The molecule has 54 heavy (non-hydrogen) atoms. The zero-order valence-electron chi connectivity index (χ0n) is 29.2. The molecule has 2 aliphatic carbocycles. The molecule has 0 amide bonds. The minimum atomic E-state index is -4.34. The Morgan fingerprint density at radius 3 is 1.37 bits per heavy atom. The third-order valence-electron chi connectivity index (χ3n) is 9.66. The lowest BCUT2D eigenvalue weighted by atomic mass is 9.98. The summed E-state index contributed by atoms with van der Waals surface area (Å²) in [7, 11) is 0. The number of hydrogen-bond acceptors (Lipinski definition) is 7. The monoisotopic (exact) mass is 746 g/mol. The highest BCUT2D eigenvalue weighted by atomic mass is 19.4. The first kappa shape index (κ1) is 36.9. The van der Waals surface area contributed by atoms with Crippen LogP contribution in [0.3, 0.4) is 0 Å². The van der Waals surface area contributed by atoms with Crippen molar-refractivity contribution in [2.24, 2.45) is 5.41 Å². The molecule has 0 atom stereocenters. The summed E-state index contributed by atoms with van der Waals surface area (Å²) in [5.41, 5.74) is 3.27. The van der Waals surface area contributed by atoms with Crippen molar-refractivity contribution >= 4 is 0 Å². The fourth-order valence-electron chi connectivity index (χ4n) is 5.96. The van der Waals surface area contributed by atoms with Crippen LogP contribution >= 0.6 is 0 Å². The van der Waals surface area contributed by atoms with E-state index in [1.54, 1.807) is 4.80 Å². The third kappa shape index (κ3) is 9.19. The zero-order valence-corrected chi connectivity index (χ0v) is 29.2. The Morgan fingerprint density at radius 1 is 0.574 bits per heavy atom. The van der Waals surface area contributed by atoms with E-state index in [0.717, 1.165) is 77.0 Å². The maximum atomic E-state index is 12.7. The predicted octanol–water partition coefficient (Wildman–Crippen LogP) is 8.22. The minimum absolute atomic E-state index is 0.276. The van der Waals surface area contributed by atoms with E-state index in [4.69, 9.17) is 0 Å². The fourth-order valence-corrected chi connectivity index (χ4v) is 5.96. The lowest BCUT2D eigenvalue weighted by molar-refractivity contribution is -0.138. The van der Waals surface area contributed by atoms with E-state index in [9.17, 15) is 31.4 Å². The van der Waals surface area contributed by atoms with Gasteiger partial charge in [0.05, 0.1) is 29.8 Å². The van der Waals surface area contributed by atoms with Gasteiger partial charge in [-0.15, -0.1) is 20.4 Å². The summed E-state index contributed by atoms with van der Waals surface area (Å²) in [5.74, 6) is 0.975. The number of aliphatic hydroxyl groups is 1. The second kappa shape index (κ2) is 14.4. The molecule has 0 saturated heterocycles. The van der Waals surface area contributed by atoms with E-state index in [1.165, 1.54) is 41.9 Å². The van der Waals surface area contributed by atoms with E-state index >= 15 is 0 Å². The average Bonchev–Trinajstić information content (AvgIpc) is 3.90. The number of aromatic nitrogens is 8.